The zero-order valence-corrected chi connectivity index (χ0v) is 19.5. The van der Waals surface area contributed by atoms with Crippen molar-refractivity contribution in [3.05, 3.63) is 41.8 Å². The molecule has 1 saturated heterocycles. The third-order valence-corrected chi connectivity index (χ3v) is 5.52. The summed E-state index contributed by atoms with van der Waals surface area (Å²) in [6, 6.07) is 8.32. The molecule has 186 valence electrons. The van der Waals surface area contributed by atoms with Gasteiger partial charge in [0, 0.05) is 13.0 Å². The third kappa shape index (κ3) is 4.73. The molecule has 1 aromatic rings. The molecule has 0 unspecified atom stereocenters. The average Bonchev–Trinajstić information content (AvgIpc) is 2.81. The molecule has 0 saturated carbocycles. The lowest BCUT2D eigenvalue weighted by atomic mass is 9.74. The highest BCUT2D eigenvalue weighted by Crippen LogP contribution is 2.42. The molecule has 2 rings (SSSR count). The normalized spacial score (nSPS) is 18.2. The van der Waals surface area contributed by atoms with Gasteiger partial charge in [0.15, 0.2) is 18.0 Å². The molecule has 0 aliphatic carbocycles. The average molecular weight is 499 g/mol. The highest BCUT2D eigenvalue weighted by molar-refractivity contribution is 7.78. The first-order valence-corrected chi connectivity index (χ1v) is 10.3. The van der Waals surface area contributed by atoms with Crippen LogP contribution in [0.2, 0.25) is 0 Å². The van der Waals surface area contributed by atoms with Gasteiger partial charge < -0.3 is 34.6 Å². The number of rotatable bonds is 12. The molecule has 34 heavy (non-hydrogen) atoms. The van der Waals surface area contributed by atoms with Gasteiger partial charge in [-0.25, -0.2) is 24.6 Å². The van der Waals surface area contributed by atoms with E-state index < -0.39 is 41.6 Å². The number of carboxylic acids is 2. The highest BCUT2D eigenvalue weighted by atomic mass is 32.1. The van der Waals surface area contributed by atoms with Crippen LogP contribution < -0.4 is 20.3 Å². The van der Waals surface area contributed by atoms with Gasteiger partial charge in [-0.1, -0.05) is 31.0 Å². The largest absolute Gasteiger partial charge is 0.499 e. The first-order valence-electron chi connectivity index (χ1n) is 9.84. The number of aliphatic carboxylic acids is 2. The summed E-state index contributed by atoms with van der Waals surface area (Å²) >= 11 is 3.70. The van der Waals surface area contributed by atoms with Crippen molar-refractivity contribution in [1.29, 1.82) is 0 Å². The van der Waals surface area contributed by atoms with Crippen molar-refractivity contribution < 1.29 is 43.6 Å². The molecule has 0 radical (unpaired) electrons. The van der Waals surface area contributed by atoms with Gasteiger partial charge in [-0.05, 0) is 19.1 Å². The van der Waals surface area contributed by atoms with Gasteiger partial charge in [0.2, 0.25) is 0 Å². The van der Waals surface area contributed by atoms with Crippen molar-refractivity contribution in [2.24, 2.45) is 0 Å². The van der Waals surface area contributed by atoms with E-state index >= 15 is 0 Å². The van der Waals surface area contributed by atoms with Gasteiger partial charge in [0.05, 0.1) is 14.2 Å². The molecule has 1 amide bonds. The number of ether oxygens (including phenoxy) is 3. The maximum Gasteiger partial charge on any atom is 0.357 e. The van der Waals surface area contributed by atoms with Crippen LogP contribution in [0.5, 0.6) is 5.75 Å². The Bertz CT molecular complexity index is 958. The van der Waals surface area contributed by atoms with Crippen molar-refractivity contribution in [2.45, 2.75) is 24.5 Å². The van der Waals surface area contributed by atoms with Crippen molar-refractivity contribution >= 4 is 36.6 Å². The lowest BCUT2D eigenvalue weighted by Gasteiger charge is -2.59. The molecule has 1 aliphatic rings. The molecule has 1 atom stereocenters. The summed E-state index contributed by atoms with van der Waals surface area (Å²) in [4.78, 5) is 53.4. The smallest absolute Gasteiger partial charge is 0.357 e. The van der Waals surface area contributed by atoms with E-state index in [1.54, 1.807) is 30.3 Å². The summed E-state index contributed by atoms with van der Waals surface area (Å²) in [5.74, 6) is -5.14. The van der Waals surface area contributed by atoms with Crippen LogP contribution in [-0.4, -0.2) is 77.5 Å². The molecule has 5 N–H and O–H groups in total. The van der Waals surface area contributed by atoms with Crippen LogP contribution in [0, 0.1) is 0 Å². The predicted octanol–water partition coefficient (Wildman–Crippen LogP) is -0.518. The summed E-state index contributed by atoms with van der Waals surface area (Å²) in [6.07, 6.45) is -0.192. The van der Waals surface area contributed by atoms with Crippen molar-refractivity contribution in [2.75, 3.05) is 27.4 Å². The maximum atomic E-state index is 12.9. The Hall–Kier alpha value is -3.49. The molecule has 0 spiro atoms. The fourth-order valence-electron chi connectivity index (χ4n) is 3.67. The van der Waals surface area contributed by atoms with Crippen LogP contribution in [0.25, 0.3) is 0 Å². The number of allylic oxidation sites excluding steroid dienone is 1. The fourth-order valence-corrected chi connectivity index (χ4v) is 3.84. The Morgan fingerprint density at radius 3 is 2.18 bits per heavy atom. The third-order valence-electron chi connectivity index (χ3n) is 5.41. The molecule has 1 aliphatic heterocycles. The number of nitrogens with zero attached hydrogens (tertiary/aromatic N) is 1. The summed E-state index contributed by atoms with van der Waals surface area (Å²) in [5, 5.41) is 22.5. The predicted molar refractivity (Wildman–Crippen MR) is 119 cm³/mol. The number of esters is 1. The van der Waals surface area contributed by atoms with E-state index in [-0.39, 0.29) is 24.4 Å². The highest BCUT2D eigenvalue weighted by Gasteiger charge is 2.71. The first kappa shape index (κ1) is 26.8. The van der Waals surface area contributed by atoms with Gasteiger partial charge in [-0.15, -0.1) is 0 Å². The van der Waals surface area contributed by atoms with Gasteiger partial charge in [-0.3, -0.25) is 4.79 Å². The summed E-state index contributed by atoms with van der Waals surface area (Å²) < 4.78 is 15.3. The Kier molecular flexibility index (Phi) is 8.73. The SMILES string of the molecule is COC(=O)C(=C(C)OC)N1CC[C@@]1(NC(=O)COc1ccccc1)C(NNS)(C(=O)O)C(=O)O. The number of carboxylic acid groups (broad SMARTS) is 2. The summed E-state index contributed by atoms with van der Waals surface area (Å²) in [5.41, 5.74) is -3.27. The first-order chi connectivity index (χ1) is 16.1. The van der Waals surface area contributed by atoms with Crippen LogP contribution in [0.15, 0.2) is 41.8 Å². The standard InChI is InChI=1S/C20H26N4O9S/c1-12(31-2)15(16(26)32-3)24-10-9-19(24,20(17(27)28,18(29)30)22-23-34)21-14(25)11-33-13-7-5-4-6-8-13/h4-8,22-23,34H,9-11H2,1-3H3,(H,21,25)(H,27,28)(H,29,30)/t19-/m0/s1. The molecule has 14 heteroatoms. The number of amides is 1. The monoisotopic (exact) mass is 498 g/mol. The molecule has 1 fully saturated rings. The van der Waals surface area contributed by atoms with E-state index in [9.17, 15) is 29.4 Å². The lowest BCUT2D eigenvalue weighted by Crippen LogP contribution is -2.88. The number of hydrogen-bond acceptors (Lipinski definition) is 11. The number of carbonyl (C=O) groups excluding carboxylic acids is 2. The molecule has 0 bridgehead atoms. The minimum atomic E-state index is -2.91. The van der Waals surface area contributed by atoms with Crippen LogP contribution in [0.3, 0.4) is 0 Å². The number of nitrogens with one attached hydrogen (secondary N) is 3. The fraction of sp³-hybridized carbons (Fsp3) is 0.400. The Balaban J connectivity index is 2.59. The van der Waals surface area contributed by atoms with Crippen LogP contribution in [-0.2, 0) is 28.7 Å². The number of benzene rings is 1. The zero-order chi connectivity index (χ0) is 25.5. The van der Waals surface area contributed by atoms with E-state index in [4.69, 9.17) is 14.2 Å². The lowest BCUT2D eigenvalue weighted by molar-refractivity contribution is -0.185. The van der Waals surface area contributed by atoms with E-state index in [0.717, 1.165) is 12.0 Å². The number of thiol groups is 1. The second-order valence-corrected chi connectivity index (χ2v) is 7.33. The topological polar surface area (TPSA) is 176 Å². The second-order valence-electron chi connectivity index (χ2n) is 7.11. The number of para-hydroxylation sites is 1. The van der Waals surface area contributed by atoms with E-state index in [2.05, 4.69) is 23.6 Å². The van der Waals surface area contributed by atoms with Crippen LogP contribution in [0.4, 0.5) is 0 Å². The summed E-state index contributed by atoms with van der Waals surface area (Å²) in [7, 11) is 2.36. The van der Waals surface area contributed by atoms with Gasteiger partial charge in [0.25, 0.3) is 11.4 Å². The van der Waals surface area contributed by atoms with Gasteiger partial charge in [0.1, 0.15) is 11.5 Å². The maximum absolute atomic E-state index is 12.9. The minimum Gasteiger partial charge on any atom is -0.499 e. The Labute approximate surface area is 200 Å². The molecule has 1 aromatic carbocycles. The van der Waals surface area contributed by atoms with Crippen molar-refractivity contribution in [1.82, 2.24) is 20.5 Å². The van der Waals surface area contributed by atoms with Crippen LogP contribution >= 0.6 is 12.8 Å². The molecular weight excluding hydrogens is 472 g/mol. The van der Waals surface area contributed by atoms with Gasteiger partial charge in [-0.2, -0.15) is 0 Å². The number of hydrazine groups is 1. The number of likely N-dealkylation sites (tertiary alicyclic amines) is 1. The van der Waals surface area contributed by atoms with Crippen molar-refractivity contribution in [3.63, 3.8) is 0 Å². The van der Waals surface area contributed by atoms with E-state index in [1.165, 1.54) is 14.0 Å². The number of hydrogen-bond donors (Lipinski definition) is 6. The number of methoxy groups -OCH3 is 2. The number of carbonyl (C=O) groups is 4. The zero-order valence-electron chi connectivity index (χ0n) is 18.7. The van der Waals surface area contributed by atoms with Crippen molar-refractivity contribution in [3.8, 4) is 5.75 Å². The van der Waals surface area contributed by atoms with Gasteiger partial charge >= 0.3 is 17.9 Å². The second kappa shape index (κ2) is 11.1. The van der Waals surface area contributed by atoms with E-state index in [1.807, 2.05) is 4.83 Å². The molecule has 13 nitrogen and oxygen atoms in total. The van der Waals surface area contributed by atoms with Crippen LogP contribution in [0.1, 0.15) is 13.3 Å². The molecular formula is C20H26N4O9S. The summed E-state index contributed by atoms with van der Waals surface area (Å²) in [6.45, 7) is 0.828. The molecule has 0 aromatic heterocycles. The van der Waals surface area contributed by atoms with E-state index in [0.29, 0.717) is 5.75 Å². The Morgan fingerprint density at radius 2 is 1.74 bits per heavy atom. The minimum absolute atomic E-state index is 0.00854. The molecule has 1 heterocycles. The quantitative estimate of drug-likeness (QED) is 0.0544. The Morgan fingerprint density at radius 1 is 1.12 bits per heavy atom.